The Balaban J connectivity index is 2.40. The monoisotopic (exact) mass is 322 g/mol. The van der Waals surface area contributed by atoms with Gasteiger partial charge in [0.2, 0.25) is 0 Å². The number of rotatable bonds is 3. The fourth-order valence-corrected chi connectivity index (χ4v) is 2.20. The molecule has 3 nitrogen and oxygen atoms in total. The van der Waals surface area contributed by atoms with Gasteiger partial charge in [0.15, 0.2) is 0 Å². The number of hydrogen-bond donors (Lipinski definition) is 1. The Hall–Kier alpha value is -1.98. The van der Waals surface area contributed by atoms with Gasteiger partial charge in [-0.3, -0.25) is 4.79 Å². The highest BCUT2D eigenvalue weighted by Crippen LogP contribution is 2.22. The van der Waals surface area contributed by atoms with Crippen LogP contribution in [0.15, 0.2) is 42.5 Å². The van der Waals surface area contributed by atoms with Crippen LogP contribution in [0.25, 0.3) is 0 Å². The van der Waals surface area contributed by atoms with Crippen molar-refractivity contribution in [2.75, 3.05) is 11.9 Å². The van der Waals surface area contributed by atoms with Crippen molar-refractivity contribution in [1.29, 1.82) is 0 Å². The lowest BCUT2D eigenvalue weighted by Crippen LogP contribution is -2.28. The molecule has 0 unspecified atom stereocenters. The van der Waals surface area contributed by atoms with Crippen LogP contribution in [0, 0.1) is 5.82 Å². The molecule has 1 amide bonds. The second-order valence-electron chi connectivity index (χ2n) is 4.37. The normalized spacial score (nSPS) is 10.2. The first-order chi connectivity index (χ1) is 9.91. The summed E-state index contributed by atoms with van der Waals surface area (Å²) in [5, 5.41) is -0.0299. The molecule has 0 heterocycles. The highest BCUT2D eigenvalue weighted by molar-refractivity contribution is 7.80. The summed E-state index contributed by atoms with van der Waals surface area (Å²) in [5.41, 5.74) is 6.98. The maximum Gasteiger partial charge on any atom is 0.258 e. The molecule has 0 fully saturated rings. The van der Waals surface area contributed by atoms with E-state index in [0.29, 0.717) is 11.3 Å². The third-order valence-electron chi connectivity index (χ3n) is 3.00. The highest BCUT2D eigenvalue weighted by atomic mass is 35.5. The van der Waals surface area contributed by atoms with Crippen LogP contribution in [-0.2, 0) is 0 Å². The summed E-state index contributed by atoms with van der Waals surface area (Å²) in [7, 11) is 1.58. The van der Waals surface area contributed by atoms with E-state index in [-0.39, 0.29) is 21.5 Å². The minimum absolute atomic E-state index is 0.0299. The molecule has 0 aliphatic rings. The highest BCUT2D eigenvalue weighted by Gasteiger charge is 2.18. The molecule has 2 aromatic carbocycles. The molecule has 2 N–H and O–H groups in total. The standard InChI is InChI=1S/C15H12ClFN2OS/c1-19(13-5-3-2-4-10(13)14(18)21)15(20)9-6-7-11(16)12(17)8-9/h2-8H,1H3,(H2,18,21). The average molecular weight is 323 g/mol. The lowest BCUT2D eigenvalue weighted by atomic mass is 10.1. The van der Waals surface area contributed by atoms with Gasteiger partial charge in [0, 0.05) is 18.2 Å². The molecule has 0 saturated carbocycles. The number of nitrogens with zero attached hydrogens (tertiary/aromatic N) is 1. The topological polar surface area (TPSA) is 46.3 Å². The Bertz CT molecular complexity index is 721. The van der Waals surface area contributed by atoms with E-state index in [2.05, 4.69) is 0 Å². The molecule has 0 radical (unpaired) electrons. The smallest absolute Gasteiger partial charge is 0.258 e. The first-order valence-electron chi connectivity index (χ1n) is 6.03. The Morgan fingerprint density at radius 1 is 1.29 bits per heavy atom. The number of para-hydroxylation sites is 1. The summed E-state index contributed by atoms with van der Waals surface area (Å²) in [5.74, 6) is -1.02. The number of hydrogen-bond acceptors (Lipinski definition) is 2. The van der Waals surface area contributed by atoms with Crippen LogP contribution in [0.5, 0.6) is 0 Å². The lowest BCUT2D eigenvalue weighted by Gasteiger charge is -2.20. The molecule has 6 heteroatoms. The quantitative estimate of drug-likeness (QED) is 0.881. The van der Waals surface area contributed by atoms with E-state index in [0.717, 1.165) is 6.07 Å². The van der Waals surface area contributed by atoms with Gasteiger partial charge in [-0.25, -0.2) is 4.39 Å². The average Bonchev–Trinajstić information content (AvgIpc) is 2.48. The fraction of sp³-hybridized carbons (Fsp3) is 0.0667. The van der Waals surface area contributed by atoms with Gasteiger partial charge in [-0.2, -0.15) is 0 Å². The molecule has 2 aromatic rings. The molecule has 0 aliphatic carbocycles. The molecule has 0 saturated heterocycles. The number of nitrogens with two attached hydrogens (primary N) is 1. The molecular weight excluding hydrogens is 311 g/mol. The zero-order valence-electron chi connectivity index (χ0n) is 11.1. The van der Waals surface area contributed by atoms with Crippen LogP contribution in [0.1, 0.15) is 15.9 Å². The second kappa shape index (κ2) is 6.20. The number of benzene rings is 2. The van der Waals surface area contributed by atoms with Gasteiger partial charge in [-0.15, -0.1) is 0 Å². The molecular formula is C15H12ClFN2OS. The number of carbonyl (C=O) groups excluding carboxylic acids is 1. The minimum Gasteiger partial charge on any atom is -0.389 e. The predicted molar refractivity (Wildman–Crippen MR) is 86.5 cm³/mol. The molecule has 0 aromatic heterocycles. The van der Waals surface area contributed by atoms with Crippen LogP contribution < -0.4 is 10.6 Å². The summed E-state index contributed by atoms with van der Waals surface area (Å²) < 4.78 is 13.5. The van der Waals surface area contributed by atoms with E-state index in [1.807, 2.05) is 0 Å². The molecule has 0 spiro atoms. The maximum absolute atomic E-state index is 13.5. The van der Waals surface area contributed by atoms with Gasteiger partial charge in [-0.05, 0) is 30.3 Å². The van der Waals surface area contributed by atoms with Crippen molar-refractivity contribution in [1.82, 2.24) is 0 Å². The van der Waals surface area contributed by atoms with Gasteiger partial charge in [0.1, 0.15) is 10.8 Å². The van der Waals surface area contributed by atoms with Crippen LogP contribution in [0.3, 0.4) is 0 Å². The number of carbonyl (C=O) groups is 1. The lowest BCUT2D eigenvalue weighted by molar-refractivity contribution is 0.0992. The van der Waals surface area contributed by atoms with E-state index >= 15 is 0 Å². The number of anilines is 1. The summed E-state index contributed by atoms with van der Waals surface area (Å²) in [6.45, 7) is 0. The summed E-state index contributed by atoms with van der Waals surface area (Å²) in [6, 6.07) is 10.9. The maximum atomic E-state index is 13.5. The van der Waals surface area contributed by atoms with Crippen LogP contribution in [-0.4, -0.2) is 17.9 Å². The Morgan fingerprint density at radius 2 is 1.95 bits per heavy atom. The Labute approximate surface area is 132 Å². The van der Waals surface area contributed by atoms with E-state index in [1.54, 1.807) is 31.3 Å². The first kappa shape index (κ1) is 15.4. The van der Waals surface area contributed by atoms with Crippen LogP contribution in [0.4, 0.5) is 10.1 Å². The van der Waals surface area contributed by atoms with Crippen molar-refractivity contribution in [3.63, 3.8) is 0 Å². The molecule has 0 aliphatic heterocycles. The Morgan fingerprint density at radius 3 is 2.57 bits per heavy atom. The zero-order valence-corrected chi connectivity index (χ0v) is 12.7. The SMILES string of the molecule is CN(C(=O)c1ccc(Cl)c(F)c1)c1ccccc1C(N)=S. The number of thiocarbonyl (C=S) groups is 1. The molecule has 21 heavy (non-hydrogen) atoms. The van der Waals surface area contributed by atoms with E-state index in [4.69, 9.17) is 29.6 Å². The van der Waals surface area contributed by atoms with Crippen LogP contribution in [0.2, 0.25) is 5.02 Å². The van der Waals surface area contributed by atoms with E-state index in [9.17, 15) is 9.18 Å². The minimum atomic E-state index is -0.640. The Kier molecular flexibility index (Phi) is 4.55. The van der Waals surface area contributed by atoms with Crippen molar-refractivity contribution in [3.8, 4) is 0 Å². The van der Waals surface area contributed by atoms with Gasteiger partial charge in [-0.1, -0.05) is 36.0 Å². The van der Waals surface area contributed by atoms with Crippen LogP contribution >= 0.6 is 23.8 Å². The van der Waals surface area contributed by atoms with Crippen molar-refractivity contribution in [2.24, 2.45) is 5.73 Å². The fourth-order valence-electron chi connectivity index (χ4n) is 1.91. The van der Waals surface area contributed by atoms with Gasteiger partial charge in [0.05, 0.1) is 10.7 Å². The summed E-state index contributed by atoms with van der Waals surface area (Å²) in [4.78, 5) is 14.0. The predicted octanol–water partition coefficient (Wildman–Crippen LogP) is 3.39. The van der Waals surface area contributed by atoms with E-state index in [1.165, 1.54) is 17.0 Å². The van der Waals surface area contributed by atoms with Crippen molar-refractivity contribution in [2.45, 2.75) is 0 Å². The number of amides is 1. The van der Waals surface area contributed by atoms with Gasteiger partial charge >= 0.3 is 0 Å². The van der Waals surface area contributed by atoms with E-state index < -0.39 is 5.82 Å². The molecule has 0 bridgehead atoms. The molecule has 2 rings (SSSR count). The zero-order chi connectivity index (χ0) is 15.6. The van der Waals surface area contributed by atoms with Crippen molar-refractivity contribution in [3.05, 3.63) is 64.4 Å². The summed E-state index contributed by atoms with van der Waals surface area (Å²) in [6.07, 6.45) is 0. The number of halogens is 2. The van der Waals surface area contributed by atoms with Gasteiger partial charge in [0.25, 0.3) is 5.91 Å². The largest absolute Gasteiger partial charge is 0.389 e. The molecule has 0 atom stereocenters. The third kappa shape index (κ3) is 3.20. The third-order valence-corrected chi connectivity index (χ3v) is 3.53. The molecule has 108 valence electrons. The first-order valence-corrected chi connectivity index (χ1v) is 6.82. The second-order valence-corrected chi connectivity index (χ2v) is 5.22. The van der Waals surface area contributed by atoms with Gasteiger partial charge < -0.3 is 10.6 Å². The summed E-state index contributed by atoms with van der Waals surface area (Å²) >= 11 is 10.6. The van der Waals surface area contributed by atoms with Crippen molar-refractivity contribution < 1.29 is 9.18 Å². The van der Waals surface area contributed by atoms with Crippen molar-refractivity contribution >= 4 is 40.4 Å².